The van der Waals surface area contributed by atoms with Gasteiger partial charge in [-0.2, -0.15) is 5.10 Å². The number of piperazine rings is 1. The van der Waals surface area contributed by atoms with E-state index in [1.165, 1.54) is 5.56 Å². The summed E-state index contributed by atoms with van der Waals surface area (Å²) in [7, 11) is 0. The number of rotatable bonds is 3. The highest BCUT2D eigenvalue weighted by Crippen LogP contribution is 2.26. The first-order valence-electron chi connectivity index (χ1n) is 7.48. The van der Waals surface area contributed by atoms with Crippen LogP contribution in [0.5, 0.6) is 0 Å². The number of aromatic amines is 1. The molecule has 114 valence electrons. The lowest BCUT2D eigenvalue weighted by molar-refractivity contribution is -0.139. The summed E-state index contributed by atoms with van der Waals surface area (Å²) in [5, 5.41) is 9.59. The van der Waals surface area contributed by atoms with Crippen molar-refractivity contribution >= 4 is 11.8 Å². The molecule has 0 bridgehead atoms. The third-order valence-electron chi connectivity index (χ3n) is 4.33. The van der Waals surface area contributed by atoms with Crippen molar-refractivity contribution in [2.75, 3.05) is 39.3 Å². The molecule has 2 N–H and O–H groups in total. The predicted molar refractivity (Wildman–Crippen MR) is 76.6 cm³/mol. The molecule has 2 fully saturated rings. The Labute approximate surface area is 123 Å². The minimum Gasteiger partial charge on any atom is -0.353 e. The summed E-state index contributed by atoms with van der Waals surface area (Å²) < 4.78 is 0. The highest BCUT2D eigenvalue weighted by Gasteiger charge is 2.26. The first-order chi connectivity index (χ1) is 10.2. The van der Waals surface area contributed by atoms with Gasteiger partial charge < -0.3 is 10.2 Å². The lowest BCUT2D eigenvalue weighted by Crippen LogP contribution is -2.52. The molecule has 21 heavy (non-hydrogen) atoms. The summed E-state index contributed by atoms with van der Waals surface area (Å²) in [6.45, 7) is 3.64. The maximum atomic E-state index is 12.2. The van der Waals surface area contributed by atoms with E-state index in [4.69, 9.17) is 0 Å². The summed E-state index contributed by atoms with van der Waals surface area (Å²) in [5.74, 6) is 0.538. The minimum atomic E-state index is -0.0618. The number of nitrogens with one attached hydrogen (secondary N) is 2. The van der Waals surface area contributed by atoms with E-state index in [0.717, 1.165) is 25.9 Å². The Kier molecular flexibility index (Phi) is 4.19. The van der Waals surface area contributed by atoms with Crippen LogP contribution < -0.4 is 5.32 Å². The minimum absolute atomic E-state index is 0.0617. The van der Waals surface area contributed by atoms with Gasteiger partial charge in [-0.1, -0.05) is 0 Å². The number of piperidine rings is 1. The second-order valence-electron chi connectivity index (χ2n) is 5.75. The van der Waals surface area contributed by atoms with Gasteiger partial charge in [0, 0.05) is 19.3 Å². The number of hydrogen-bond donors (Lipinski definition) is 2. The van der Waals surface area contributed by atoms with Gasteiger partial charge in [-0.15, -0.1) is 0 Å². The van der Waals surface area contributed by atoms with Crippen molar-refractivity contribution in [3.8, 4) is 0 Å². The molecule has 1 aromatic rings. The van der Waals surface area contributed by atoms with Gasteiger partial charge in [-0.3, -0.25) is 19.6 Å². The average molecular weight is 291 g/mol. The standard InChI is InChI=1S/C14H21N5O2/c20-13-9-19(6-3-15-13)14(21)10-18-4-1-11(2-5-18)12-7-16-17-8-12/h7-8,11H,1-6,9-10H2,(H,15,20)(H,16,17). The number of amides is 2. The van der Waals surface area contributed by atoms with E-state index in [1.807, 2.05) is 12.4 Å². The van der Waals surface area contributed by atoms with Gasteiger partial charge in [-0.25, -0.2) is 0 Å². The van der Waals surface area contributed by atoms with Crippen molar-refractivity contribution in [1.82, 2.24) is 25.3 Å². The van der Waals surface area contributed by atoms with Crippen LogP contribution in [0.25, 0.3) is 0 Å². The fraction of sp³-hybridized carbons (Fsp3) is 0.643. The molecule has 2 amide bonds. The molecule has 0 unspecified atom stereocenters. The van der Waals surface area contributed by atoms with E-state index in [2.05, 4.69) is 20.4 Å². The van der Waals surface area contributed by atoms with Crippen molar-refractivity contribution in [1.29, 1.82) is 0 Å². The molecule has 3 rings (SSSR count). The Balaban J connectivity index is 1.46. The van der Waals surface area contributed by atoms with Crippen LogP contribution in [-0.2, 0) is 9.59 Å². The smallest absolute Gasteiger partial charge is 0.239 e. The molecule has 7 nitrogen and oxygen atoms in total. The number of aromatic nitrogens is 2. The van der Waals surface area contributed by atoms with Crippen LogP contribution in [-0.4, -0.2) is 71.1 Å². The van der Waals surface area contributed by atoms with Gasteiger partial charge in [0.15, 0.2) is 0 Å². The number of likely N-dealkylation sites (tertiary alicyclic amines) is 1. The van der Waals surface area contributed by atoms with E-state index in [1.54, 1.807) is 4.90 Å². The van der Waals surface area contributed by atoms with E-state index in [0.29, 0.717) is 25.6 Å². The monoisotopic (exact) mass is 291 g/mol. The Morgan fingerprint density at radius 3 is 2.81 bits per heavy atom. The van der Waals surface area contributed by atoms with E-state index < -0.39 is 0 Å². The number of hydrogen-bond acceptors (Lipinski definition) is 4. The normalized spacial score (nSPS) is 21.3. The summed E-state index contributed by atoms with van der Waals surface area (Å²) in [6.07, 6.45) is 5.94. The summed E-state index contributed by atoms with van der Waals surface area (Å²) in [5.41, 5.74) is 1.26. The highest BCUT2D eigenvalue weighted by atomic mass is 16.2. The number of nitrogens with zero attached hydrogens (tertiary/aromatic N) is 3. The molecule has 1 aromatic heterocycles. The molecule has 0 spiro atoms. The molecule has 2 aliphatic rings. The van der Waals surface area contributed by atoms with E-state index in [9.17, 15) is 9.59 Å². The second-order valence-corrected chi connectivity index (χ2v) is 5.75. The van der Waals surface area contributed by atoms with E-state index in [-0.39, 0.29) is 18.4 Å². The topological polar surface area (TPSA) is 81.3 Å². The zero-order valence-corrected chi connectivity index (χ0v) is 12.0. The Hall–Kier alpha value is -1.89. The highest BCUT2D eigenvalue weighted by molar-refractivity contribution is 5.86. The molecule has 3 heterocycles. The van der Waals surface area contributed by atoms with Gasteiger partial charge in [-0.05, 0) is 37.4 Å². The molecule has 0 radical (unpaired) electrons. The molecule has 7 heteroatoms. The molecule has 0 aromatic carbocycles. The molecular formula is C14H21N5O2. The van der Waals surface area contributed by atoms with Crippen LogP contribution in [0.4, 0.5) is 0 Å². The van der Waals surface area contributed by atoms with Crippen molar-refractivity contribution in [3.63, 3.8) is 0 Å². The van der Waals surface area contributed by atoms with Crippen LogP contribution in [0.3, 0.4) is 0 Å². The van der Waals surface area contributed by atoms with Gasteiger partial charge in [0.25, 0.3) is 0 Å². The maximum Gasteiger partial charge on any atom is 0.239 e. The Morgan fingerprint density at radius 1 is 1.33 bits per heavy atom. The van der Waals surface area contributed by atoms with Crippen molar-refractivity contribution < 1.29 is 9.59 Å². The molecule has 0 atom stereocenters. The lowest BCUT2D eigenvalue weighted by Gasteiger charge is -2.33. The maximum absolute atomic E-state index is 12.2. The fourth-order valence-corrected chi connectivity index (χ4v) is 3.05. The molecule has 0 saturated carbocycles. The van der Waals surface area contributed by atoms with Crippen molar-refractivity contribution in [2.45, 2.75) is 18.8 Å². The zero-order valence-electron chi connectivity index (χ0n) is 12.0. The first-order valence-corrected chi connectivity index (χ1v) is 7.48. The molecule has 0 aliphatic carbocycles. The third kappa shape index (κ3) is 3.41. The summed E-state index contributed by atoms with van der Waals surface area (Å²) >= 11 is 0. The third-order valence-corrected chi connectivity index (χ3v) is 4.33. The SMILES string of the molecule is O=C1CN(C(=O)CN2CCC(c3cn[nH]c3)CC2)CCN1. The zero-order chi connectivity index (χ0) is 14.7. The van der Waals surface area contributed by atoms with Crippen LogP contribution >= 0.6 is 0 Å². The molecular weight excluding hydrogens is 270 g/mol. The fourth-order valence-electron chi connectivity index (χ4n) is 3.05. The number of carbonyl (C=O) groups is 2. The van der Waals surface area contributed by atoms with Gasteiger partial charge in [0.2, 0.25) is 11.8 Å². The average Bonchev–Trinajstić information content (AvgIpc) is 3.02. The van der Waals surface area contributed by atoms with Gasteiger partial charge in [0.1, 0.15) is 0 Å². The Morgan fingerprint density at radius 2 is 2.14 bits per heavy atom. The number of carbonyl (C=O) groups excluding carboxylic acids is 2. The summed E-state index contributed by atoms with van der Waals surface area (Å²) in [6, 6.07) is 0. The van der Waals surface area contributed by atoms with Crippen molar-refractivity contribution in [2.24, 2.45) is 0 Å². The van der Waals surface area contributed by atoms with Gasteiger partial charge in [0.05, 0.1) is 19.3 Å². The largest absolute Gasteiger partial charge is 0.353 e. The predicted octanol–water partition coefficient (Wildman–Crippen LogP) is -0.452. The van der Waals surface area contributed by atoms with Gasteiger partial charge >= 0.3 is 0 Å². The second kappa shape index (κ2) is 6.26. The van der Waals surface area contributed by atoms with Crippen LogP contribution in [0.2, 0.25) is 0 Å². The van der Waals surface area contributed by atoms with E-state index >= 15 is 0 Å². The number of H-pyrrole nitrogens is 1. The first kappa shape index (κ1) is 14.1. The lowest BCUT2D eigenvalue weighted by atomic mass is 9.91. The quantitative estimate of drug-likeness (QED) is 0.790. The molecule has 2 saturated heterocycles. The van der Waals surface area contributed by atoms with Crippen LogP contribution in [0, 0.1) is 0 Å². The van der Waals surface area contributed by atoms with Crippen molar-refractivity contribution in [3.05, 3.63) is 18.0 Å². The molecule has 2 aliphatic heterocycles. The summed E-state index contributed by atoms with van der Waals surface area (Å²) in [4.78, 5) is 27.4. The van der Waals surface area contributed by atoms with Crippen LogP contribution in [0.1, 0.15) is 24.3 Å². The van der Waals surface area contributed by atoms with Crippen LogP contribution in [0.15, 0.2) is 12.4 Å². The Bertz CT molecular complexity index is 493.